The summed E-state index contributed by atoms with van der Waals surface area (Å²) >= 11 is 0. The van der Waals surface area contributed by atoms with Crippen molar-refractivity contribution >= 4 is 11.6 Å². The molecule has 3 aromatic rings. The number of benzene rings is 2. The number of hydrogen-bond donors (Lipinski definition) is 1. The predicted octanol–water partition coefficient (Wildman–Crippen LogP) is 3.84. The summed E-state index contributed by atoms with van der Waals surface area (Å²) in [6.45, 7) is 3.36. The molecule has 0 aliphatic heterocycles. The third kappa shape index (κ3) is 5.46. The van der Waals surface area contributed by atoms with E-state index < -0.39 is 18.3 Å². The molecule has 3 rings (SSSR count). The Bertz CT molecular complexity index is 1190. The van der Waals surface area contributed by atoms with Crippen molar-refractivity contribution in [2.24, 2.45) is 7.05 Å². The zero-order chi connectivity index (χ0) is 24.3. The minimum atomic E-state index is -4.82. The number of amides is 1. The summed E-state index contributed by atoms with van der Waals surface area (Å²) < 4.78 is 45.2. The highest BCUT2D eigenvalue weighted by Crippen LogP contribution is 2.27. The van der Waals surface area contributed by atoms with Gasteiger partial charge < -0.3 is 10.1 Å². The summed E-state index contributed by atoms with van der Waals surface area (Å²) in [6.07, 6.45) is -4.82. The number of nitrogens with one attached hydrogen (secondary N) is 1. The van der Waals surface area contributed by atoms with Crippen LogP contribution in [-0.4, -0.2) is 39.6 Å². The smallest absolute Gasteiger partial charge is 0.405 e. The molecule has 2 aromatic carbocycles. The minimum Gasteiger partial charge on any atom is -0.405 e. The van der Waals surface area contributed by atoms with Gasteiger partial charge in [0.15, 0.2) is 0 Å². The lowest BCUT2D eigenvalue weighted by atomic mass is 10.1. The van der Waals surface area contributed by atoms with Crippen LogP contribution in [0.5, 0.6) is 5.75 Å². The quantitative estimate of drug-likeness (QED) is 0.579. The molecule has 0 saturated heterocycles. The lowest BCUT2D eigenvalue weighted by molar-refractivity contribution is -0.275. The summed E-state index contributed by atoms with van der Waals surface area (Å²) in [7, 11) is 3.32. The van der Waals surface area contributed by atoms with Gasteiger partial charge in [0.25, 0.3) is 5.56 Å². The van der Waals surface area contributed by atoms with E-state index in [1.807, 2.05) is 6.07 Å². The van der Waals surface area contributed by atoms with Gasteiger partial charge in [0.2, 0.25) is 5.91 Å². The molecule has 0 aliphatic rings. The van der Waals surface area contributed by atoms with E-state index in [0.29, 0.717) is 11.4 Å². The summed E-state index contributed by atoms with van der Waals surface area (Å²) in [5.74, 6) is -0.785. The van der Waals surface area contributed by atoms with E-state index >= 15 is 0 Å². The maximum Gasteiger partial charge on any atom is 0.573 e. The maximum atomic E-state index is 13.0. The largest absolute Gasteiger partial charge is 0.573 e. The lowest BCUT2D eigenvalue weighted by Gasteiger charge is -2.25. The molecule has 1 heterocycles. The number of carbonyl (C=O) groups is 1. The van der Waals surface area contributed by atoms with Crippen molar-refractivity contribution in [3.05, 3.63) is 76.2 Å². The van der Waals surface area contributed by atoms with Crippen molar-refractivity contribution in [1.82, 2.24) is 14.3 Å². The highest BCUT2D eigenvalue weighted by atomic mass is 19.4. The summed E-state index contributed by atoms with van der Waals surface area (Å²) in [5, 5.41) is 2.68. The molecule has 1 unspecified atom stereocenters. The molecule has 0 aliphatic carbocycles. The standard InChI is InChI=1S/C23H25F3N4O3/c1-15-20(22(32)30(29(15)4)18-11-6-5-7-12-18)27-21(31)16(2)28(3)14-17-10-8-9-13-19(17)33-23(24,25)26/h5-13,16H,14H2,1-4H3,(H,27,31). The molecule has 0 bridgehead atoms. The lowest BCUT2D eigenvalue weighted by Crippen LogP contribution is -2.40. The van der Waals surface area contributed by atoms with Gasteiger partial charge in [0.05, 0.1) is 17.4 Å². The Kier molecular flexibility index (Phi) is 6.97. The Labute approximate surface area is 189 Å². The first-order chi connectivity index (χ1) is 15.5. The van der Waals surface area contributed by atoms with Crippen LogP contribution in [0.2, 0.25) is 0 Å². The van der Waals surface area contributed by atoms with E-state index in [0.717, 1.165) is 0 Å². The van der Waals surface area contributed by atoms with Gasteiger partial charge in [0, 0.05) is 19.2 Å². The van der Waals surface area contributed by atoms with E-state index in [4.69, 9.17) is 0 Å². The van der Waals surface area contributed by atoms with Crippen LogP contribution in [0.3, 0.4) is 0 Å². The molecule has 176 valence electrons. The van der Waals surface area contributed by atoms with Crippen LogP contribution in [0.15, 0.2) is 59.4 Å². The minimum absolute atomic E-state index is 0.0306. The average Bonchev–Trinajstić information content (AvgIpc) is 2.97. The van der Waals surface area contributed by atoms with Crippen LogP contribution >= 0.6 is 0 Å². The van der Waals surface area contributed by atoms with Crippen LogP contribution in [0.4, 0.5) is 18.9 Å². The topological polar surface area (TPSA) is 68.5 Å². The summed E-state index contributed by atoms with van der Waals surface area (Å²) in [6, 6.07) is 14.0. The molecular formula is C23H25F3N4O3. The van der Waals surface area contributed by atoms with Crippen molar-refractivity contribution < 1.29 is 22.7 Å². The number of alkyl halides is 3. The average molecular weight is 462 g/mol. The van der Waals surface area contributed by atoms with Crippen LogP contribution in [0.25, 0.3) is 5.69 Å². The number of ether oxygens (including phenoxy) is 1. The Morgan fingerprint density at radius 2 is 1.73 bits per heavy atom. The summed E-state index contributed by atoms with van der Waals surface area (Å²) in [5.41, 5.74) is 1.26. The fourth-order valence-electron chi connectivity index (χ4n) is 3.40. The van der Waals surface area contributed by atoms with Crippen molar-refractivity contribution in [3.8, 4) is 11.4 Å². The van der Waals surface area contributed by atoms with E-state index in [1.165, 1.54) is 22.9 Å². The highest BCUT2D eigenvalue weighted by molar-refractivity contribution is 5.94. The first-order valence-corrected chi connectivity index (χ1v) is 10.2. The predicted molar refractivity (Wildman–Crippen MR) is 118 cm³/mol. The molecule has 7 nitrogen and oxygen atoms in total. The molecule has 1 atom stereocenters. The second kappa shape index (κ2) is 9.53. The number of para-hydroxylation sites is 2. The van der Waals surface area contributed by atoms with Crippen molar-refractivity contribution in [2.45, 2.75) is 32.8 Å². The highest BCUT2D eigenvalue weighted by Gasteiger charge is 2.32. The number of anilines is 1. The fourth-order valence-corrected chi connectivity index (χ4v) is 3.40. The van der Waals surface area contributed by atoms with Crippen LogP contribution in [-0.2, 0) is 18.4 Å². The van der Waals surface area contributed by atoms with Crippen LogP contribution in [0, 0.1) is 6.92 Å². The van der Waals surface area contributed by atoms with Gasteiger partial charge in [-0.1, -0.05) is 36.4 Å². The molecule has 1 amide bonds. The molecular weight excluding hydrogens is 437 g/mol. The van der Waals surface area contributed by atoms with Crippen LogP contribution in [0.1, 0.15) is 18.2 Å². The molecule has 0 spiro atoms. The number of hydrogen-bond acceptors (Lipinski definition) is 4. The molecule has 1 aromatic heterocycles. The van der Waals surface area contributed by atoms with E-state index in [1.54, 1.807) is 67.9 Å². The Morgan fingerprint density at radius 1 is 1.12 bits per heavy atom. The maximum absolute atomic E-state index is 13.0. The number of rotatable bonds is 7. The van der Waals surface area contributed by atoms with Gasteiger partial charge in [-0.2, -0.15) is 0 Å². The molecule has 10 heteroatoms. The number of carbonyl (C=O) groups excluding carboxylic acids is 1. The third-order valence-electron chi connectivity index (χ3n) is 5.46. The van der Waals surface area contributed by atoms with E-state index in [-0.39, 0.29) is 29.1 Å². The van der Waals surface area contributed by atoms with Gasteiger partial charge in [-0.3, -0.25) is 19.2 Å². The van der Waals surface area contributed by atoms with Crippen molar-refractivity contribution in [2.75, 3.05) is 12.4 Å². The van der Waals surface area contributed by atoms with Crippen molar-refractivity contribution in [3.63, 3.8) is 0 Å². The first kappa shape index (κ1) is 24.1. The number of likely N-dealkylation sites (N-methyl/N-ethyl adjacent to an activating group) is 1. The molecule has 33 heavy (non-hydrogen) atoms. The molecule has 1 N–H and O–H groups in total. The third-order valence-corrected chi connectivity index (χ3v) is 5.46. The SMILES string of the molecule is Cc1c(NC(=O)C(C)N(C)Cc2ccccc2OC(F)(F)F)c(=O)n(-c2ccccc2)n1C. The zero-order valence-corrected chi connectivity index (χ0v) is 18.7. The first-order valence-electron chi connectivity index (χ1n) is 10.2. The summed E-state index contributed by atoms with van der Waals surface area (Å²) in [4.78, 5) is 27.5. The molecule has 0 fully saturated rings. The van der Waals surface area contributed by atoms with Crippen LogP contribution < -0.4 is 15.6 Å². The normalized spacial score (nSPS) is 12.6. The van der Waals surface area contributed by atoms with Crippen molar-refractivity contribution in [1.29, 1.82) is 0 Å². The monoisotopic (exact) mass is 462 g/mol. The van der Waals surface area contributed by atoms with E-state index in [9.17, 15) is 22.8 Å². The molecule has 0 radical (unpaired) electrons. The molecule has 0 saturated carbocycles. The second-order valence-corrected chi connectivity index (χ2v) is 7.67. The number of nitrogens with zero attached hydrogens (tertiary/aromatic N) is 3. The second-order valence-electron chi connectivity index (χ2n) is 7.67. The van der Waals surface area contributed by atoms with Gasteiger partial charge in [0.1, 0.15) is 11.4 Å². The number of halogens is 3. The number of aromatic nitrogens is 2. The zero-order valence-electron chi connectivity index (χ0n) is 18.7. The Balaban J connectivity index is 1.78. The Morgan fingerprint density at radius 3 is 2.36 bits per heavy atom. The van der Waals surface area contributed by atoms with Gasteiger partial charge in [-0.15, -0.1) is 13.2 Å². The van der Waals surface area contributed by atoms with Gasteiger partial charge in [-0.25, -0.2) is 4.68 Å². The van der Waals surface area contributed by atoms with E-state index in [2.05, 4.69) is 10.1 Å². The fraction of sp³-hybridized carbons (Fsp3) is 0.304. The van der Waals surface area contributed by atoms with Gasteiger partial charge >= 0.3 is 6.36 Å². The Hall–Kier alpha value is -3.53. The van der Waals surface area contributed by atoms with Gasteiger partial charge in [-0.05, 0) is 39.1 Å².